The molecule has 0 aliphatic carbocycles. The summed E-state index contributed by atoms with van der Waals surface area (Å²) >= 11 is 3.42. The maximum absolute atomic E-state index is 12.0. The largest absolute Gasteiger partial charge is 0.352 e. The average Bonchev–Trinajstić information content (AvgIpc) is 3.26. The quantitative estimate of drug-likeness (QED) is 0.516. The smallest absolute Gasteiger partial charge is 0.325 e. The van der Waals surface area contributed by atoms with Gasteiger partial charge in [-0.05, 0) is 51.1 Å². The third-order valence-corrected chi connectivity index (χ3v) is 7.24. The lowest BCUT2D eigenvalue weighted by molar-refractivity contribution is -0.125. The summed E-state index contributed by atoms with van der Waals surface area (Å²) in [6, 6.07) is 14.1. The van der Waals surface area contributed by atoms with E-state index in [0.29, 0.717) is 19.0 Å². The van der Waals surface area contributed by atoms with Gasteiger partial charge in [0.15, 0.2) is 0 Å². The first-order chi connectivity index (χ1) is 14.8. The van der Waals surface area contributed by atoms with Gasteiger partial charge in [0.2, 0.25) is 5.95 Å². The van der Waals surface area contributed by atoms with Crippen molar-refractivity contribution in [2.75, 3.05) is 18.4 Å². The summed E-state index contributed by atoms with van der Waals surface area (Å²) in [5.74, 6) is 0.204. The zero-order valence-corrected chi connectivity index (χ0v) is 19.1. The number of imide groups is 1. The first kappa shape index (κ1) is 21.3. The fourth-order valence-corrected chi connectivity index (χ4v) is 5.43. The van der Waals surface area contributed by atoms with Crippen molar-refractivity contribution < 1.29 is 9.59 Å². The number of urea groups is 1. The van der Waals surface area contributed by atoms with E-state index in [1.165, 1.54) is 19.6 Å². The highest BCUT2D eigenvalue weighted by Gasteiger charge is 2.44. The standard InChI is InChI=1S/C22H23N5O2S2/c1-14-5-4-6-15(13-14)30-18-8-7-17(31-18)16-9-10-23-20(25-16)24-11-12-27-21(29)26-19(28)22(27,2)3/h4-10,13H,11-12H2,1-3H3,(H,23,24,25)(H,26,28,29). The zero-order valence-electron chi connectivity index (χ0n) is 17.5. The van der Waals surface area contributed by atoms with Crippen LogP contribution in [0.25, 0.3) is 10.6 Å². The first-order valence-electron chi connectivity index (χ1n) is 9.87. The molecule has 160 valence electrons. The predicted molar refractivity (Wildman–Crippen MR) is 123 cm³/mol. The van der Waals surface area contributed by atoms with Gasteiger partial charge in [0.05, 0.1) is 14.8 Å². The zero-order chi connectivity index (χ0) is 22.0. The molecule has 31 heavy (non-hydrogen) atoms. The summed E-state index contributed by atoms with van der Waals surface area (Å²) in [6.07, 6.45) is 1.72. The molecule has 2 N–H and O–H groups in total. The van der Waals surface area contributed by atoms with Crippen LogP contribution in [0.2, 0.25) is 0 Å². The van der Waals surface area contributed by atoms with Crippen molar-refractivity contribution in [1.82, 2.24) is 20.2 Å². The highest BCUT2D eigenvalue weighted by atomic mass is 32.2. The van der Waals surface area contributed by atoms with Crippen LogP contribution in [-0.4, -0.2) is 45.4 Å². The summed E-state index contributed by atoms with van der Waals surface area (Å²) in [5.41, 5.74) is 1.23. The second kappa shape index (κ2) is 8.68. The van der Waals surface area contributed by atoms with E-state index in [-0.39, 0.29) is 11.9 Å². The van der Waals surface area contributed by atoms with Crippen molar-refractivity contribution in [3.05, 3.63) is 54.2 Å². The molecular weight excluding hydrogens is 430 g/mol. The van der Waals surface area contributed by atoms with Crippen LogP contribution in [0.3, 0.4) is 0 Å². The Balaban J connectivity index is 1.39. The van der Waals surface area contributed by atoms with Crippen LogP contribution in [0.5, 0.6) is 0 Å². The Labute approximate surface area is 189 Å². The molecule has 4 rings (SSSR count). The van der Waals surface area contributed by atoms with Crippen molar-refractivity contribution in [3.63, 3.8) is 0 Å². The van der Waals surface area contributed by atoms with Gasteiger partial charge in [-0.15, -0.1) is 11.3 Å². The Morgan fingerprint density at radius 2 is 2.03 bits per heavy atom. The number of amides is 3. The Hall–Kier alpha value is -2.91. The number of anilines is 1. The number of carbonyl (C=O) groups excluding carboxylic acids is 2. The number of thiophene rings is 1. The first-order valence-corrected chi connectivity index (χ1v) is 11.5. The number of nitrogens with zero attached hydrogens (tertiary/aromatic N) is 3. The second-order valence-electron chi connectivity index (χ2n) is 7.70. The number of aromatic nitrogens is 2. The molecule has 7 nitrogen and oxygen atoms in total. The van der Waals surface area contributed by atoms with Crippen molar-refractivity contribution in [2.45, 2.75) is 35.4 Å². The summed E-state index contributed by atoms with van der Waals surface area (Å²) in [5, 5.41) is 5.50. The van der Waals surface area contributed by atoms with E-state index in [0.717, 1.165) is 10.6 Å². The molecular formula is C22H23N5O2S2. The SMILES string of the molecule is Cc1cccc(Sc2ccc(-c3ccnc(NCCN4C(=O)NC(=O)C4(C)C)n3)s2)c1. The van der Waals surface area contributed by atoms with E-state index in [9.17, 15) is 9.59 Å². The Bertz CT molecular complexity index is 1130. The van der Waals surface area contributed by atoms with Crippen molar-refractivity contribution in [1.29, 1.82) is 0 Å². The van der Waals surface area contributed by atoms with Crippen LogP contribution in [0.4, 0.5) is 10.7 Å². The predicted octanol–water partition coefficient (Wildman–Crippen LogP) is 4.41. The molecule has 1 aliphatic heterocycles. The molecule has 3 heterocycles. The lowest BCUT2D eigenvalue weighted by atomic mass is 10.0. The molecule has 0 bridgehead atoms. The third kappa shape index (κ3) is 4.72. The van der Waals surface area contributed by atoms with Gasteiger partial charge in [0.25, 0.3) is 5.91 Å². The van der Waals surface area contributed by atoms with Gasteiger partial charge in [-0.3, -0.25) is 10.1 Å². The lowest BCUT2D eigenvalue weighted by Crippen LogP contribution is -2.46. The highest BCUT2D eigenvalue weighted by Crippen LogP contribution is 2.37. The Morgan fingerprint density at radius 1 is 1.19 bits per heavy atom. The summed E-state index contributed by atoms with van der Waals surface area (Å²) in [7, 11) is 0. The number of nitrogens with one attached hydrogen (secondary N) is 2. The molecule has 1 aliphatic rings. The van der Waals surface area contributed by atoms with Crippen molar-refractivity contribution in [2.24, 2.45) is 0 Å². The molecule has 9 heteroatoms. The second-order valence-corrected chi connectivity index (χ2v) is 10.2. The molecule has 1 fully saturated rings. The van der Waals surface area contributed by atoms with Crippen LogP contribution in [0.15, 0.2) is 57.8 Å². The monoisotopic (exact) mass is 453 g/mol. The van der Waals surface area contributed by atoms with Gasteiger partial charge in [-0.1, -0.05) is 29.5 Å². The van der Waals surface area contributed by atoms with Gasteiger partial charge in [0, 0.05) is 24.2 Å². The number of benzene rings is 1. The van der Waals surface area contributed by atoms with Crippen LogP contribution in [0, 0.1) is 6.92 Å². The molecule has 1 saturated heterocycles. The average molecular weight is 454 g/mol. The molecule has 0 unspecified atom stereocenters. The molecule has 1 aromatic carbocycles. The van der Waals surface area contributed by atoms with E-state index in [1.54, 1.807) is 43.1 Å². The van der Waals surface area contributed by atoms with Crippen LogP contribution >= 0.6 is 23.1 Å². The van der Waals surface area contributed by atoms with Crippen molar-refractivity contribution >= 4 is 41.0 Å². The van der Waals surface area contributed by atoms with Gasteiger partial charge >= 0.3 is 6.03 Å². The van der Waals surface area contributed by atoms with Gasteiger partial charge in [-0.2, -0.15) is 0 Å². The fourth-order valence-electron chi connectivity index (χ4n) is 3.24. The van der Waals surface area contributed by atoms with Gasteiger partial charge in [-0.25, -0.2) is 14.8 Å². The number of rotatable bonds is 7. The summed E-state index contributed by atoms with van der Waals surface area (Å²) in [4.78, 5) is 36.5. The Morgan fingerprint density at radius 3 is 2.77 bits per heavy atom. The molecule has 3 amide bonds. The highest BCUT2D eigenvalue weighted by molar-refractivity contribution is 8.01. The number of hydrogen-bond acceptors (Lipinski definition) is 7. The molecule has 0 radical (unpaired) electrons. The Kier molecular flexibility index (Phi) is 5.97. The number of carbonyl (C=O) groups is 2. The maximum Gasteiger partial charge on any atom is 0.325 e. The molecule has 3 aromatic rings. The number of hydrogen-bond donors (Lipinski definition) is 2. The minimum absolute atomic E-state index is 0.284. The maximum atomic E-state index is 12.0. The summed E-state index contributed by atoms with van der Waals surface area (Å²) < 4.78 is 1.20. The minimum Gasteiger partial charge on any atom is -0.352 e. The molecule has 0 atom stereocenters. The molecule has 0 spiro atoms. The fraction of sp³-hybridized carbons (Fsp3) is 0.273. The van der Waals surface area contributed by atoms with E-state index >= 15 is 0 Å². The van der Waals surface area contributed by atoms with Crippen LogP contribution < -0.4 is 10.6 Å². The topological polar surface area (TPSA) is 87.2 Å². The number of aryl methyl sites for hydroxylation is 1. The van der Waals surface area contributed by atoms with E-state index in [4.69, 9.17) is 0 Å². The third-order valence-electron chi connectivity index (χ3n) is 5.01. The van der Waals surface area contributed by atoms with Crippen LogP contribution in [-0.2, 0) is 4.79 Å². The summed E-state index contributed by atoms with van der Waals surface area (Å²) in [6.45, 7) is 6.36. The normalized spacial score (nSPS) is 15.3. The molecule has 2 aromatic heterocycles. The van der Waals surface area contributed by atoms with E-state index in [1.807, 2.05) is 6.07 Å². The minimum atomic E-state index is -0.857. The van der Waals surface area contributed by atoms with E-state index in [2.05, 4.69) is 63.9 Å². The van der Waals surface area contributed by atoms with Gasteiger partial charge < -0.3 is 10.2 Å². The van der Waals surface area contributed by atoms with Crippen LogP contribution in [0.1, 0.15) is 19.4 Å². The van der Waals surface area contributed by atoms with Gasteiger partial charge in [0.1, 0.15) is 5.54 Å². The van der Waals surface area contributed by atoms with E-state index < -0.39 is 5.54 Å². The molecule has 0 saturated carbocycles. The van der Waals surface area contributed by atoms with Crippen molar-refractivity contribution in [3.8, 4) is 10.6 Å². The lowest BCUT2D eigenvalue weighted by Gasteiger charge is -2.27.